The van der Waals surface area contributed by atoms with E-state index in [4.69, 9.17) is 14.2 Å². The Kier molecular flexibility index (Phi) is 4.35. The Labute approximate surface area is 127 Å². The van der Waals surface area contributed by atoms with Crippen LogP contribution in [0.3, 0.4) is 0 Å². The molecule has 0 amide bonds. The molecule has 0 bridgehead atoms. The van der Waals surface area contributed by atoms with Gasteiger partial charge in [-0.2, -0.15) is 0 Å². The summed E-state index contributed by atoms with van der Waals surface area (Å²) in [5, 5.41) is 0. The lowest BCUT2D eigenvalue weighted by Crippen LogP contribution is -2.46. The molecule has 7 heteroatoms. The molecule has 1 aromatic carbocycles. The van der Waals surface area contributed by atoms with E-state index in [9.17, 15) is 14.4 Å². The smallest absolute Gasteiger partial charge is 0.310 e. The van der Waals surface area contributed by atoms with E-state index in [1.807, 2.05) is 0 Å². The maximum atomic E-state index is 11.8. The number of esters is 3. The van der Waals surface area contributed by atoms with E-state index in [-0.39, 0.29) is 6.42 Å². The van der Waals surface area contributed by atoms with Crippen LogP contribution in [0.5, 0.6) is 5.75 Å². The van der Waals surface area contributed by atoms with Crippen molar-refractivity contribution in [3.63, 3.8) is 0 Å². The van der Waals surface area contributed by atoms with Crippen LogP contribution in [-0.4, -0.2) is 31.3 Å². The summed E-state index contributed by atoms with van der Waals surface area (Å²) in [6, 6.07) is 6.69. The maximum Gasteiger partial charge on any atom is 0.310 e. The van der Waals surface area contributed by atoms with Gasteiger partial charge in [0.15, 0.2) is 0 Å². The predicted molar refractivity (Wildman–Crippen MR) is 72.7 cm³/mol. The van der Waals surface area contributed by atoms with Crippen LogP contribution in [0.2, 0.25) is 0 Å². The third-order valence-corrected chi connectivity index (χ3v) is 3.19. The van der Waals surface area contributed by atoms with E-state index in [0.717, 1.165) is 0 Å². The first-order valence-corrected chi connectivity index (χ1v) is 6.59. The van der Waals surface area contributed by atoms with E-state index in [1.54, 1.807) is 24.3 Å². The molecule has 0 fully saturated rings. The highest BCUT2D eigenvalue weighted by molar-refractivity contribution is 5.74. The molecule has 0 aromatic heterocycles. The van der Waals surface area contributed by atoms with Gasteiger partial charge < -0.3 is 18.9 Å². The molecule has 0 unspecified atom stereocenters. The maximum absolute atomic E-state index is 11.8. The van der Waals surface area contributed by atoms with Gasteiger partial charge in [-0.15, -0.1) is 0 Å². The molecule has 22 heavy (non-hydrogen) atoms. The first kappa shape index (κ1) is 15.8. The third kappa shape index (κ3) is 2.88. The Bertz CT molecular complexity index is 610. The summed E-state index contributed by atoms with van der Waals surface area (Å²) in [6.45, 7) is 2.40. The summed E-state index contributed by atoms with van der Waals surface area (Å²) in [7, 11) is 1.21. The normalized spacial score (nSPS) is 22.2. The summed E-state index contributed by atoms with van der Waals surface area (Å²) in [4.78, 5) is 34.7. The van der Waals surface area contributed by atoms with Crippen LogP contribution in [0.1, 0.15) is 25.8 Å². The first-order chi connectivity index (χ1) is 10.4. The number of methoxy groups -OCH3 is 1. The molecule has 1 heterocycles. The number of rotatable bonds is 4. The van der Waals surface area contributed by atoms with Gasteiger partial charge in [0, 0.05) is 19.4 Å². The zero-order valence-corrected chi connectivity index (χ0v) is 12.5. The molecule has 0 spiro atoms. The summed E-state index contributed by atoms with van der Waals surface area (Å²) < 4.78 is 20.7. The largest absolute Gasteiger partial charge is 0.469 e. The molecule has 2 rings (SSSR count). The number of carbonyl (C=O) groups excluding carboxylic acids is 3. The fraction of sp³-hybridized carbons (Fsp3) is 0.400. The van der Waals surface area contributed by atoms with Crippen molar-refractivity contribution in [2.75, 3.05) is 7.11 Å². The molecule has 1 aliphatic heterocycles. The molecule has 118 valence electrons. The van der Waals surface area contributed by atoms with Gasteiger partial charge in [-0.3, -0.25) is 14.4 Å². The average Bonchev–Trinajstić information content (AvgIpc) is 2.71. The standard InChI is InChI=1S/C15H16O7/c1-9(16)20-14-15(22-10(2)17,8-13(18)19-3)11-6-4-5-7-12(11)21-14/h4-7,14H,8H2,1-3H3/t14-,15-/m0/s1. The lowest BCUT2D eigenvalue weighted by molar-refractivity contribution is -0.216. The molecular weight excluding hydrogens is 292 g/mol. The minimum absolute atomic E-state index is 0.335. The lowest BCUT2D eigenvalue weighted by Gasteiger charge is -2.31. The van der Waals surface area contributed by atoms with Gasteiger partial charge >= 0.3 is 17.9 Å². The fourth-order valence-electron chi connectivity index (χ4n) is 2.39. The monoisotopic (exact) mass is 308 g/mol. The van der Waals surface area contributed by atoms with Crippen LogP contribution >= 0.6 is 0 Å². The van der Waals surface area contributed by atoms with Crippen LogP contribution in [0.15, 0.2) is 24.3 Å². The number of benzene rings is 1. The van der Waals surface area contributed by atoms with E-state index in [2.05, 4.69) is 4.74 Å². The van der Waals surface area contributed by atoms with Crippen molar-refractivity contribution < 1.29 is 33.3 Å². The topological polar surface area (TPSA) is 88.1 Å². The molecule has 0 aliphatic carbocycles. The van der Waals surface area contributed by atoms with E-state index in [0.29, 0.717) is 11.3 Å². The number of carbonyl (C=O) groups is 3. The molecule has 0 N–H and O–H groups in total. The second kappa shape index (κ2) is 6.05. The van der Waals surface area contributed by atoms with Crippen molar-refractivity contribution in [1.82, 2.24) is 0 Å². The van der Waals surface area contributed by atoms with Gasteiger partial charge in [-0.1, -0.05) is 18.2 Å². The number of para-hydroxylation sites is 1. The van der Waals surface area contributed by atoms with Crippen molar-refractivity contribution in [3.05, 3.63) is 29.8 Å². The summed E-state index contributed by atoms with van der Waals surface area (Å²) in [5.74, 6) is -1.52. The third-order valence-electron chi connectivity index (χ3n) is 3.19. The van der Waals surface area contributed by atoms with Gasteiger partial charge in [-0.25, -0.2) is 0 Å². The number of hydrogen-bond donors (Lipinski definition) is 0. The molecule has 2 atom stereocenters. The zero-order chi connectivity index (χ0) is 16.3. The van der Waals surface area contributed by atoms with Crippen molar-refractivity contribution in [1.29, 1.82) is 0 Å². The molecule has 1 aliphatic rings. The van der Waals surface area contributed by atoms with Crippen molar-refractivity contribution in [2.45, 2.75) is 32.2 Å². The SMILES string of the molecule is COC(=O)C[C@]1(OC(C)=O)c2ccccc2O[C@@H]1OC(C)=O. The van der Waals surface area contributed by atoms with Gasteiger partial charge in [0.1, 0.15) is 5.75 Å². The van der Waals surface area contributed by atoms with Gasteiger partial charge in [0.2, 0.25) is 5.60 Å². The Balaban J connectivity index is 2.53. The molecule has 0 radical (unpaired) electrons. The summed E-state index contributed by atoms with van der Waals surface area (Å²) in [6.07, 6.45) is -1.59. The van der Waals surface area contributed by atoms with E-state index in [1.165, 1.54) is 21.0 Å². The highest BCUT2D eigenvalue weighted by Gasteiger charge is 2.56. The van der Waals surface area contributed by atoms with E-state index < -0.39 is 29.8 Å². The molecule has 7 nitrogen and oxygen atoms in total. The zero-order valence-electron chi connectivity index (χ0n) is 12.5. The highest BCUT2D eigenvalue weighted by Crippen LogP contribution is 2.47. The highest BCUT2D eigenvalue weighted by atomic mass is 16.7. The number of ether oxygens (including phenoxy) is 4. The first-order valence-electron chi connectivity index (χ1n) is 6.59. The second-order valence-corrected chi connectivity index (χ2v) is 4.79. The Hall–Kier alpha value is -2.57. The van der Waals surface area contributed by atoms with E-state index >= 15 is 0 Å². The average molecular weight is 308 g/mol. The van der Waals surface area contributed by atoms with Gasteiger partial charge in [0.05, 0.1) is 13.5 Å². The Morgan fingerprint density at radius 2 is 1.86 bits per heavy atom. The van der Waals surface area contributed by atoms with Crippen molar-refractivity contribution in [2.24, 2.45) is 0 Å². The quantitative estimate of drug-likeness (QED) is 0.611. The van der Waals surface area contributed by atoms with Crippen molar-refractivity contribution >= 4 is 17.9 Å². The number of fused-ring (bicyclic) bond motifs is 1. The van der Waals surface area contributed by atoms with Crippen LogP contribution in [-0.2, 0) is 34.2 Å². The van der Waals surface area contributed by atoms with Crippen LogP contribution in [0.4, 0.5) is 0 Å². The van der Waals surface area contributed by atoms with Gasteiger partial charge in [0.25, 0.3) is 6.29 Å². The van der Waals surface area contributed by atoms with Crippen molar-refractivity contribution in [3.8, 4) is 5.75 Å². The summed E-state index contributed by atoms with van der Waals surface area (Å²) >= 11 is 0. The van der Waals surface area contributed by atoms with Crippen LogP contribution < -0.4 is 4.74 Å². The Morgan fingerprint density at radius 3 is 2.45 bits per heavy atom. The molecule has 1 aromatic rings. The predicted octanol–water partition coefficient (Wildman–Crippen LogP) is 1.29. The number of hydrogen-bond acceptors (Lipinski definition) is 7. The Morgan fingerprint density at radius 1 is 1.18 bits per heavy atom. The van der Waals surface area contributed by atoms with Crippen LogP contribution in [0, 0.1) is 0 Å². The fourth-order valence-corrected chi connectivity index (χ4v) is 2.39. The summed E-state index contributed by atoms with van der Waals surface area (Å²) in [5.41, 5.74) is -1.12. The minimum Gasteiger partial charge on any atom is -0.469 e. The lowest BCUT2D eigenvalue weighted by atomic mass is 9.90. The molecular formula is C15H16O7. The van der Waals surface area contributed by atoms with Gasteiger partial charge in [-0.05, 0) is 6.07 Å². The second-order valence-electron chi connectivity index (χ2n) is 4.79. The molecule has 0 saturated heterocycles. The minimum atomic E-state index is -1.57. The molecule has 0 saturated carbocycles. The van der Waals surface area contributed by atoms with Crippen LogP contribution in [0.25, 0.3) is 0 Å².